The van der Waals surface area contributed by atoms with E-state index in [0.717, 1.165) is 26.4 Å². The van der Waals surface area contributed by atoms with Crippen LogP contribution in [0.3, 0.4) is 0 Å². The van der Waals surface area contributed by atoms with E-state index in [9.17, 15) is 0 Å². The monoisotopic (exact) mass is 306 g/mol. The van der Waals surface area contributed by atoms with E-state index in [4.69, 9.17) is 16.9 Å². The Bertz CT molecular complexity index is 624. The van der Waals surface area contributed by atoms with Crippen LogP contribution in [0.1, 0.15) is 34.3 Å². The first-order chi connectivity index (χ1) is 9.26. The minimum absolute atomic E-state index is 0.542. The molecule has 1 fully saturated rings. The number of thiazole rings is 1. The minimum atomic E-state index is 0.542. The summed E-state index contributed by atoms with van der Waals surface area (Å²) in [6.45, 7) is 0. The van der Waals surface area contributed by atoms with Crippen molar-refractivity contribution in [3.8, 4) is 6.07 Å². The molecule has 3 rings (SSSR count). The molecule has 1 heterocycles. The van der Waals surface area contributed by atoms with Crippen LogP contribution in [0.4, 0.5) is 0 Å². The molecular formula is C14H11ClN2S2. The van der Waals surface area contributed by atoms with Gasteiger partial charge in [0.1, 0.15) is 16.0 Å². The van der Waals surface area contributed by atoms with Gasteiger partial charge >= 0.3 is 0 Å². The summed E-state index contributed by atoms with van der Waals surface area (Å²) < 4.78 is 0. The largest absolute Gasteiger partial charge is 0.244 e. The van der Waals surface area contributed by atoms with Gasteiger partial charge in [-0.05, 0) is 37.1 Å². The number of rotatable bonds is 4. The van der Waals surface area contributed by atoms with Gasteiger partial charge in [0.2, 0.25) is 0 Å². The molecule has 0 amide bonds. The third-order valence-electron chi connectivity index (χ3n) is 2.94. The summed E-state index contributed by atoms with van der Waals surface area (Å²) in [5.74, 6) is 1.36. The minimum Gasteiger partial charge on any atom is -0.244 e. The lowest BCUT2D eigenvalue weighted by Gasteiger charge is -1.98. The number of nitriles is 1. The summed E-state index contributed by atoms with van der Waals surface area (Å²) >= 11 is 9.12. The highest BCUT2D eigenvalue weighted by molar-refractivity contribution is 7.98. The molecular weight excluding hydrogens is 296 g/mol. The van der Waals surface area contributed by atoms with Crippen LogP contribution in [0.15, 0.2) is 29.2 Å². The maximum Gasteiger partial charge on any atom is 0.128 e. The van der Waals surface area contributed by atoms with E-state index in [0.29, 0.717) is 5.92 Å². The van der Waals surface area contributed by atoms with E-state index in [1.165, 1.54) is 29.1 Å². The molecule has 1 aromatic carbocycles. The zero-order valence-corrected chi connectivity index (χ0v) is 12.5. The Morgan fingerprint density at radius 2 is 2.11 bits per heavy atom. The molecule has 1 saturated carbocycles. The number of hydrogen-bond acceptors (Lipinski definition) is 4. The van der Waals surface area contributed by atoms with Crippen LogP contribution in [-0.4, -0.2) is 4.98 Å². The third-order valence-corrected chi connectivity index (χ3v) is 5.37. The first-order valence-corrected chi connectivity index (χ1v) is 8.22. The summed E-state index contributed by atoms with van der Waals surface area (Å²) in [6.07, 6.45) is 2.37. The van der Waals surface area contributed by atoms with E-state index < -0.39 is 0 Å². The predicted octanol–water partition coefficient (Wildman–Crippen LogP) is 4.84. The third kappa shape index (κ3) is 3.11. The van der Waals surface area contributed by atoms with E-state index in [2.05, 4.69) is 11.1 Å². The van der Waals surface area contributed by atoms with Gasteiger partial charge in [0, 0.05) is 15.8 Å². The van der Waals surface area contributed by atoms with Gasteiger partial charge in [-0.2, -0.15) is 5.26 Å². The summed E-state index contributed by atoms with van der Waals surface area (Å²) in [4.78, 5) is 6.60. The number of halogens is 1. The molecule has 0 spiro atoms. The Morgan fingerprint density at radius 1 is 1.37 bits per heavy atom. The van der Waals surface area contributed by atoms with Gasteiger partial charge in [-0.1, -0.05) is 11.6 Å². The lowest BCUT2D eigenvalue weighted by atomic mass is 10.3. The average Bonchev–Trinajstić information content (AvgIpc) is 3.19. The molecule has 96 valence electrons. The highest BCUT2D eigenvalue weighted by Crippen LogP contribution is 2.43. The van der Waals surface area contributed by atoms with Gasteiger partial charge in [0.25, 0.3) is 0 Å². The highest BCUT2D eigenvalue weighted by atomic mass is 35.5. The SMILES string of the molecule is N#Cc1sc(CSc2ccc(Cl)cc2)nc1C1CC1. The molecule has 0 bridgehead atoms. The van der Waals surface area contributed by atoms with Crippen molar-refractivity contribution in [2.24, 2.45) is 0 Å². The number of hydrogen-bond donors (Lipinski definition) is 0. The van der Waals surface area contributed by atoms with Crippen molar-refractivity contribution in [1.29, 1.82) is 5.26 Å². The maximum atomic E-state index is 9.12. The van der Waals surface area contributed by atoms with Crippen LogP contribution >= 0.6 is 34.7 Å². The van der Waals surface area contributed by atoms with Crippen molar-refractivity contribution in [1.82, 2.24) is 4.98 Å². The van der Waals surface area contributed by atoms with Crippen molar-refractivity contribution in [3.05, 3.63) is 44.9 Å². The molecule has 0 N–H and O–H groups in total. The second-order valence-corrected chi connectivity index (χ2v) is 7.02. The molecule has 1 aliphatic rings. The zero-order chi connectivity index (χ0) is 13.2. The van der Waals surface area contributed by atoms with Crippen LogP contribution in [0.2, 0.25) is 5.02 Å². The van der Waals surface area contributed by atoms with Crippen molar-refractivity contribution in [2.45, 2.75) is 29.4 Å². The van der Waals surface area contributed by atoms with Gasteiger partial charge in [-0.25, -0.2) is 4.98 Å². The van der Waals surface area contributed by atoms with Gasteiger partial charge < -0.3 is 0 Å². The van der Waals surface area contributed by atoms with Crippen molar-refractivity contribution < 1.29 is 0 Å². The highest BCUT2D eigenvalue weighted by Gasteiger charge is 2.29. The summed E-state index contributed by atoms with van der Waals surface area (Å²) in [7, 11) is 0. The van der Waals surface area contributed by atoms with Gasteiger partial charge in [-0.3, -0.25) is 0 Å². The average molecular weight is 307 g/mol. The van der Waals surface area contributed by atoms with Crippen LogP contribution in [0.25, 0.3) is 0 Å². The Labute approximate surface area is 125 Å². The Kier molecular flexibility index (Phi) is 3.79. The molecule has 0 radical (unpaired) electrons. The number of thioether (sulfide) groups is 1. The molecule has 0 atom stereocenters. The van der Waals surface area contributed by atoms with Crippen LogP contribution in [0.5, 0.6) is 0 Å². The number of benzene rings is 1. The predicted molar refractivity (Wildman–Crippen MR) is 79.8 cm³/mol. The smallest absolute Gasteiger partial charge is 0.128 e. The van der Waals surface area contributed by atoms with Gasteiger partial charge in [-0.15, -0.1) is 23.1 Å². The number of aromatic nitrogens is 1. The molecule has 1 aliphatic carbocycles. The molecule has 2 aromatic rings. The van der Waals surface area contributed by atoms with E-state index >= 15 is 0 Å². The summed E-state index contributed by atoms with van der Waals surface area (Å²) in [5, 5.41) is 10.9. The lowest BCUT2D eigenvalue weighted by molar-refractivity contribution is 1.02. The van der Waals surface area contributed by atoms with Gasteiger partial charge in [0.05, 0.1) is 11.4 Å². The second-order valence-electron chi connectivity index (χ2n) is 4.45. The molecule has 0 aliphatic heterocycles. The standard InChI is InChI=1S/C14H11ClN2S2/c15-10-3-5-11(6-4-10)18-8-13-17-14(9-1-2-9)12(7-16)19-13/h3-6,9H,1-2,8H2. The van der Waals surface area contributed by atoms with Crippen molar-refractivity contribution in [3.63, 3.8) is 0 Å². The fraction of sp³-hybridized carbons (Fsp3) is 0.286. The molecule has 1 aromatic heterocycles. The van der Waals surface area contributed by atoms with Crippen molar-refractivity contribution in [2.75, 3.05) is 0 Å². The molecule has 19 heavy (non-hydrogen) atoms. The fourth-order valence-corrected chi connectivity index (χ4v) is 3.79. The second kappa shape index (κ2) is 5.54. The van der Waals surface area contributed by atoms with Crippen molar-refractivity contribution >= 4 is 34.7 Å². The topological polar surface area (TPSA) is 36.7 Å². The van der Waals surface area contributed by atoms with E-state index in [1.54, 1.807) is 11.8 Å². The fourth-order valence-electron chi connectivity index (χ4n) is 1.83. The molecule has 0 unspecified atom stereocenters. The normalized spacial score (nSPS) is 14.3. The first kappa shape index (κ1) is 13.0. The summed E-state index contributed by atoms with van der Waals surface area (Å²) in [6, 6.07) is 10.1. The Hall–Kier alpha value is -1.02. The Morgan fingerprint density at radius 3 is 2.74 bits per heavy atom. The first-order valence-electron chi connectivity index (χ1n) is 6.04. The van der Waals surface area contributed by atoms with Gasteiger partial charge in [0.15, 0.2) is 0 Å². The molecule has 0 saturated heterocycles. The van der Waals surface area contributed by atoms with E-state index in [1.807, 2.05) is 24.3 Å². The lowest BCUT2D eigenvalue weighted by Crippen LogP contribution is -1.84. The zero-order valence-electron chi connectivity index (χ0n) is 10.1. The van der Waals surface area contributed by atoms with Crippen LogP contribution in [-0.2, 0) is 5.75 Å². The summed E-state index contributed by atoms with van der Waals surface area (Å²) in [5.41, 5.74) is 1.03. The molecule has 2 nitrogen and oxygen atoms in total. The number of nitrogens with zero attached hydrogens (tertiary/aromatic N) is 2. The van der Waals surface area contributed by atoms with E-state index in [-0.39, 0.29) is 0 Å². The van der Waals surface area contributed by atoms with Crippen LogP contribution in [0, 0.1) is 11.3 Å². The Balaban J connectivity index is 1.70. The maximum absolute atomic E-state index is 9.12. The quantitative estimate of drug-likeness (QED) is 0.759. The molecule has 5 heteroatoms. The van der Waals surface area contributed by atoms with Crippen LogP contribution < -0.4 is 0 Å².